The molecule has 3 aromatic heterocycles. The largest absolute Gasteiger partial charge is 0.494 e. The molecule has 1 aliphatic rings. The van der Waals surface area contributed by atoms with Gasteiger partial charge in [-0.25, -0.2) is 0 Å². The monoisotopic (exact) mass is 378 g/mol. The van der Waals surface area contributed by atoms with Gasteiger partial charge in [0.25, 0.3) is 0 Å². The molecule has 8 heteroatoms. The van der Waals surface area contributed by atoms with Crippen LogP contribution in [0.2, 0.25) is 0 Å². The van der Waals surface area contributed by atoms with Crippen molar-refractivity contribution in [3.63, 3.8) is 0 Å². The predicted octanol–water partition coefficient (Wildman–Crippen LogP) is 3.26. The molecule has 8 nitrogen and oxygen atoms in total. The van der Waals surface area contributed by atoms with Crippen molar-refractivity contribution in [2.75, 3.05) is 23.8 Å². The molecular weight excluding hydrogens is 356 g/mol. The summed E-state index contributed by atoms with van der Waals surface area (Å²) in [7, 11) is 1.82. The summed E-state index contributed by atoms with van der Waals surface area (Å²) < 4.78 is 8.96. The molecule has 3 N–H and O–H groups in total. The van der Waals surface area contributed by atoms with E-state index >= 15 is 0 Å². The fourth-order valence-electron chi connectivity index (χ4n) is 3.66. The Bertz CT molecular complexity index is 1140. The van der Waals surface area contributed by atoms with Gasteiger partial charge in [-0.1, -0.05) is 6.07 Å². The molecule has 0 amide bonds. The van der Waals surface area contributed by atoms with Crippen LogP contribution in [0.15, 0.2) is 42.6 Å². The van der Waals surface area contributed by atoms with Crippen molar-refractivity contribution >= 4 is 33.9 Å². The molecule has 0 radical (unpaired) electrons. The highest BCUT2D eigenvalue weighted by Gasteiger charge is 2.16. The minimum atomic E-state index is 0.260. The molecule has 1 aliphatic heterocycles. The van der Waals surface area contributed by atoms with Crippen molar-refractivity contribution in [2.45, 2.75) is 18.9 Å². The van der Waals surface area contributed by atoms with Crippen LogP contribution in [0.3, 0.4) is 0 Å². The molecule has 0 unspecified atom stereocenters. The predicted molar refractivity (Wildman–Crippen MR) is 108 cm³/mol. The highest BCUT2D eigenvalue weighted by atomic mass is 16.5. The number of hydrogen-bond donors (Lipinski definition) is 3. The highest BCUT2D eigenvalue weighted by Crippen LogP contribution is 2.29. The van der Waals surface area contributed by atoms with Gasteiger partial charge in [0.15, 0.2) is 11.5 Å². The summed E-state index contributed by atoms with van der Waals surface area (Å²) in [5.41, 5.74) is 1.64. The van der Waals surface area contributed by atoms with Gasteiger partial charge in [-0.15, -0.1) is 5.10 Å². The molecule has 0 saturated carbocycles. The van der Waals surface area contributed by atoms with Crippen LogP contribution >= 0.6 is 0 Å². The summed E-state index contributed by atoms with van der Waals surface area (Å²) in [4.78, 5) is 4.59. The average molecular weight is 378 g/mol. The molecule has 5 rings (SSSR count). The Kier molecular flexibility index (Phi) is 4.05. The number of hydrogen-bond acceptors (Lipinski definition) is 6. The van der Waals surface area contributed by atoms with Crippen molar-refractivity contribution < 1.29 is 9.84 Å². The lowest BCUT2D eigenvalue weighted by molar-refractivity contribution is 0.0903. The average Bonchev–Trinajstić information content (AvgIpc) is 3.23. The quantitative estimate of drug-likeness (QED) is 0.505. The molecule has 0 bridgehead atoms. The Morgan fingerprint density at radius 2 is 2.04 bits per heavy atom. The molecule has 28 heavy (non-hydrogen) atoms. The number of fused-ring (bicyclic) bond motifs is 2. The zero-order valence-corrected chi connectivity index (χ0v) is 15.6. The van der Waals surface area contributed by atoms with E-state index in [0.717, 1.165) is 54.0 Å². The van der Waals surface area contributed by atoms with E-state index in [9.17, 15) is 5.11 Å². The van der Waals surface area contributed by atoms with Crippen LogP contribution in [0, 0.1) is 0 Å². The zero-order chi connectivity index (χ0) is 19.1. The first kappa shape index (κ1) is 16.9. The van der Waals surface area contributed by atoms with E-state index in [1.165, 1.54) is 0 Å². The minimum absolute atomic E-state index is 0.260. The number of anilines is 3. The molecule has 1 saturated heterocycles. The van der Waals surface area contributed by atoms with Crippen molar-refractivity contribution in [1.82, 2.24) is 19.2 Å². The number of nitrogens with one attached hydrogen (secondary N) is 2. The summed E-state index contributed by atoms with van der Waals surface area (Å²) in [6.07, 6.45) is 3.86. The molecule has 144 valence electrons. The lowest BCUT2D eigenvalue weighted by atomic mass is 10.1. The molecular formula is C20H22N6O2. The third kappa shape index (κ3) is 3.01. The van der Waals surface area contributed by atoms with Crippen molar-refractivity contribution in [2.24, 2.45) is 7.05 Å². The molecule has 1 fully saturated rings. The minimum Gasteiger partial charge on any atom is -0.494 e. The van der Waals surface area contributed by atoms with Crippen LogP contribution < -0.4 is 10.6 Å². The third-order valence-electron chi connectivity index (χ3n) is 5.15. The Morgan fingerprint density at radius 3 is 2.89 bits per heavy atom. The number of rotatable bonds is 4. The second-order valence-corrected chi connectivity index (χ2v) is 7.14. The number of pyridine rings is 1. The first-order valence-electron chi connectivity index (χ1n) is 9.42. The topological polar surface area (TPSA) is 88.6 Å². The fourth-order valence-corrected chi connectivity index (χ4v) is 3.66. The van der Waals surface area contributed by atoms with E-state index in [1.54, 1.807) is 4.57 Å². The Hall–Kier alpha value is -3.26. The Morgan fingerprint density at radius 1 is 1.18 bits per heavy atom. The summed E-state index contributed by atoms with van der Waals surface area (Å²) in [5.74, 6) is 1.71. The van der Waals surface area contributed by atoms with Crippen LogP contribution in [-0.2, 0) is 11.8 Å². The summed E-state index contributed by atoms with van der Waals surface area (Å²) in [6, 6.07) is 12.1. The van der Waals surface area contributed by atoms with Crippen molar-refractivity contribution in [3.8, 4) is 5.88 Å². The summed E-state index contributed by atoms with van der Waals surface area (Å²) >= 11 is 0. The van der Waals surface area contributed by atoms with E-state index < -0.39 is 0 Å². The molecule has 1 aromatic carbocycles. The van der Waals surface area contributed by atoms with Gasteiger partial charge in [-0.2, -0.15) is 9.50 Å². The van der Waals surface area contributed by atoms with Crippen molar-refractivity contribution in [3.05, 3.63) is 42.6 Å². The smallest absolute Gasteiger partial charge is 0.247 e. The first-order valence-corrected chi connectivity index (χ1v) is 9.42. The number of aromatic nitrogens is 4. The Balaban J connectivity index is 1.42. The number of benzene rings is 1. The normalized spacial score (nSPS) is 15.3. The van der Waals surface area contributed by atoms with Gasteiger partial charge in [0.1, 0.15) is 5.82 Å². The van der Waals surface area contributed by atoms with E-state index in [4.69, 9.17) is 4.74 Å². The van der Waals surface area contributed by atoms with Crippen molar-refractivity contribution in [1.29, 1.82) is 0 Å². The maximum absolute atomic E-state index is 10.0. The molecule has 0 atom stereocenters. The van der Waals surface area contributed by atoms with Gasteiger partial charge < -0.3 is 25.0 Å². The van der Waals surface area contributed by atoms with E-state index in [0.29, 0.717) is 12.0 Å². The van der Waals surface area contributed by atoms with E-state index in [2.05, 4.69) is 20.7 Å². The number of aryl methyl sites for hydroxylation is 1. The van der Waals surface area contributed by atoms with Gasteiger partial charge in [0, 0.05) is 49.0 Å². The van der Waals surface area contributed by atoms with E-state index in [1.807, 2.05) is 54.2 Å². The molecule has 4 heterocycles. The SMILES string of the molecule is Cn1cc2cc(Nc3nc4cccc(NC5CCOCC5)n4n3)ccc2c1O. The molecule has 4 aromatic rings. The van der Waals surface area contributed by atoms with Crippen LogP contribution in [-0.4, -0.2) is 43.5 Å². The molecule has 0 aliphatic carbocycles. The number of aromatic hydroxyl groups is 1. The van der Waals surface area contributed by atoms with Crippen LogP contribution in [0.4, 0.5) is 17.5 Å². The van der Waals surface area contributed by atoms with Crippen LogP contribution in [0.5, 0.6) is 5.88 Å². The third-order valence-corrected chi connectivity index (χ3v) is 5.15. The summed E-state index contributed by atoms with van der Waals surface area (Å²) in [6.45, 7) is 1.57. The first-order chi connectivity index (χ1) is 13.7. The lowest BCUT2D eigenvalue weighted by Gasteiger charge is -2.24. The van der Waals surface area contributed by atoms with Gasteiger partial charge in [-0.3, -0.25) is 0 Å². The van der Waals surface area contributed by atoms with Crippen LogP contribution in [0.1, 0.15) is 12.8 Å². The van der Waals surface area contributed by atoms with Gasteiger partial charge in [0.2, 0.25) is 5.95 Å². The Labute approximate surface area is 161 Å². The van der Waals surface area contributed by atoms with Gasteiger partial charge in [0.05, 0.1) is 0 Å². The van der Waals surface area contributed by atoms with Crippen LogP contribution in [0.25, 0.3) is 16.4 Å². The second kappa shape index (κ2) is 6.72. The zero-order valence-electron chi connectivity index (χ0n) is 15.6. The molecule has 0 spiro atoms. The fraction of sp³-hybridized carbons (Fsp3) is 0.300. The second-order valence-electron chi connectivity index (χ2n) is 7.14. The maximum Gasteiger partial charge on any atom is 0.247 e. The van der Waals surface area contributed by atoms with Gasteiger partial charge in [-0.05, 0) is 43.2 Å². The standard InChI is InChI=1S/C20H22N6O2/c1-25-12-13-11-15(5-6-16(13)19(25)27)22-20-23-18-4-2-3-17(26(18)24-20)21-14-7-9-28-10-8-14/h2-6,11-12,14,21,27H,7-10H2,1H3,(H,22,24). The maximum atomic E-state index is 10.0. The van der Waals surface area contributed by atoms with E-state index in [-0.39, 0.29) is 5.88 Å². The number of nitrogens with zero attached hydrogens (tertiary/aromatic N) is 4. The lowest BCUT2D eigenvalue weighted by Crippen LogP contribution is -2.28. The number of ether oxygens (including phenoxy) is 1. The highest BCUT2D eigenvalue weighted by molar-refractivity contribution is 5.90. The summed E-state index contributed by atoms with van der Waals surface area (Å²) in [5, 5.41) is 23.3. The van der Waals surface area contributed by atoms with Gasteiger partial charge >= 0.3 is 0 Å².